The molecule has 2 aromatic rings. The van der Waals surface area contributed by atoms with Crippen LogP contribution in [0.2, 0.25) is 0 Å². The summed E-state index contributed by atoms with van der Waals surface area (Å²) in [4.78, 5) is 10.2. The van der Waals surface area contributed by atoms with Crippen LogP contribution >= 0.6 is 0 Å². The third-order valence-corrected chi connectivity index (χ3v) is 4.28. The highest BCUT2D eigenvalue weighted by Gasteiger charge is 2.18. The number of rotatable bonds is 7. The predicted molar refractivity (Wildman–Crippen MR) is 84.6 cm³/mol. The molecule has 0 unspecified atom stereocenters. The summed E-state index contributed by atoms with van der Waals surface area (Å²) in [6.07, 6.45) is 3.27. The van der Waals surface area contributed by atoms with Gasteiger partial charge in [-0.05, 0) is 37.5 Å². The number of aromatic nitrogens is 2. The molecule has 10 heteroatoms. The molecule has 0 aliphatic rings. The molecule has 9 nitrogen and oxygen atoms in total. The van der Waals surface area contributed by atoms with Gasteiger partial charge < -0.3 is 5.32 Å². The number of aryl methyl sites for hydroxylation is 2. The fraction of sp³-hybridized carbons (Fsp3) is 0.308. The maximum Gasteiger partial charge on any atom is 0.293 e. The van der Waals surface area contributed by atoms with Crippen molar-refractivity contribution in [3.8, 4) is 0 Å². The van der Waals surface area contributed by atoms with E-state index in [2.05, 4.69) is 15.5 Å². The number of nitro groups is 1. The fourth-order valence-electron chi connectivity index (χ4n) is 2.12. The number of nitro benzene ring substituents is 1. The summed E-state index contributed by atoms with van der Waals surface area (Å²) in [5.74, 6) is 0. The number of hydrogen-bond acceptors (Lipinski definition) is 6. The van der Waals surface area contributed by atoms with Crippen LogP contribution in [0.25, 0.3) is 0 Å². The van der Waals surface area contributed by atoms with Gasteiger partial charge in [0.1, 0.15) is 5.69 Å². The average molecular weight is 339 g/mol. The Bertz CT molecular complexity index is 816. The van der Waals surface area contributed by atoms with Gasteiger partial charge in [0.25, 0.3) is 5.69 Å². The quantitative estimate of drug-likeness (QED) is 0.394. The Kier molecular flexibility index (Phi) is 4.96. The van der Waals surface area contributed by atoms with Crippen LogP contribution in [0.5, 0.6) is 0 Å². The number of primary sulfonamides is 1. The van der Waals surface area contributed by atoms with Gasteiger partial charge in [0.05, 0.1) is 16.0 Å². The summed E-state index contributed by atoms with van der Waals surface area (Å²) >= 11 is 0. The lowest BCUT2D eigenvalue weighted by molar-refractivity contribution is -0.384. The second kappa shape index (κ2) is 6.75. The van der Waals surface area contributed by atoms with Crippen molar-refractivity contribution in [1.29, 1.82) is 0 Å². The van der Waals surface area contributed by atoms with Gasteiger partial charge in [-0.3, -0.25) is 15.2 Å². The summed E-state index contributed by atoms with van der Waals surface area (Å²) in [7, 11) is -3.98. The number of nitrogens with one attached hydrogen (secondary N) is 2. The first-order valence-corrected chi connectivity index (χ1v) is 8.37. The molecule has 1 aromatic heterocycles. The molecule has 0 atom stereocenters. The third-order valence-electron chi connectivity index (χ3n) is 3.37. The van der Waals surface area contributed by atoms with Crippen LogP contribution in [0.15, 0.2) is 29.3 Å². The van der Waals surface area contributed by atoms with Gasteiger partial charge in [-0.15, -0.1) is 0 Å². The lowest BCUT2D eigenvalue weighted by atomic mass is 10.1. The number of nitrogens with zero attached hydrogens (tertiary/aromatic N) is 2. The zero-order valence-corrected chi connectivity index (χ0v) is 13.3. The van der Waals surface area contributed by atoms with Gasteiger partial charge in [-0.25, -0.2) is 13.6 Å². The van der Waals surface area contributed by atoms with Crippen molar-refractivity contribution in [3.63, 3.8) is 0 Å². The zero-order valence-electron chi connectivity index (χ0n) is 12.4. The molecule has 23 heavy (non-hydrogen) atoms. The molecule has 2 rings (SSSR count). The average Bonchev–Trinajstić information content (AvgIpc) is 2.88. The number of sulfonamides is 1. The predicted octanol–water partition coefficient (Wildman–Crippen LogP) is 1.32. The molecule has 4 N–H and O–H groups in total. The molecule has 0 aliphatic heterocycles. The van der Waals surface area contributed by atoms with E-state index < -0.39 is 14.9 Å². The highest BCUT2D eigenvalue weighted by atomic mass is 32.2. The van der Waals surface area contributed by atoms with E-state index in [-0.39, 0.29) is 16.3 Å². The molecule has 0 spiro atoms. The Morgan fingerprint density at radius 2 is 2.17 bits per heavy atom. The van der Waals surface area contributed by atoms with E-state index >= 15 is 0 Å². The van der Waals surface area contributed by atoms with E-state index in [0.717, 1.165) is 30.2 Å². The number of aromatic amines is 1. The normalized spacial score (nSPS) is 11.4. The van der Waals surface area contributed by atoms with Gasteiger partial charge in [0, 0.05) is 18.3 Å². The number of nitrogens with two attached hydrogens (primary N) is 1. The largest absolute Gasteiger partial charge is 0.379 e. The molecular weight excluding hydrogens is 322 g/mol. The van der Waals surface area contributed by atoms with E-state index in [0.29, 0.717) is 6.54 Å². The summed E-state index contributed by atoms with van der Waals surface area (Å²) in [6, 6.07) is 3.55. The molecule has 0 bridgehead atoms. The van der Waals surface area contributed by atoms with Gasteiger partial charge in [0.2, 0.25) is 10.0 Å². The van der Waals surface area contributed by atoms with Crippen LogP contribution in [-0.2, 0) is 16.4 Å². The fourth-order valence-corrected chi connectivity index (χ4v) is 2.65. The minimum Gasteiger partial charge on any atom is -0.379 e. The second-order valence-corrected chi connectivity index (χ2v) is 6.59. The van der Waals surface area contributed by atoms with Crippen LogP contribution < -0.4 is 10.5 Å². The maximum absolute atomic E-state index is 11.3. The molecule has 0 amide bonds. The van der Waals surface area contributed by atoms with E-state index in [9.17, 15) is 18.5 Å². The van der Waals surface area contributed by atoms with Gasteiger partial charge >= 0.3 is 0 Å². The van der Waals surface area contributed by atoms with Crippen molar-refractivity contribution in [1.82, 2.24) is 10.2 Å². The van der Waals surface area contributed by atoms with E-state index in [1.807, 2.05) is 6.92 Å². The van der Waals surface area contributed by atoms with Crippen molar-refractivity contribution in [2.75, 3.05) is 11.9 Å². The minimum atomic E-state index is -3.98. The first-order valence-electron chi connectivity index (χ1n) is 6.83. The van der Waals surface area contributed by atoms with Crippen molar-refractivity contribution in [3.05, 3.63) is 45.8 Å². The Hall–Kier alpha value is -2.46. The van der Waals surface area contributed by atoms with Gasteiger partial charge in [0.15, 0.2) is 0 Å². The summed E-state index contributed by atoms with van der Waals surface area (Å²) < 4.78 is 22.5. The molecule has 0 fully saturated rings. The molecule has 0 saturated carbocycles. The Labute approximate surface area is 133 Å². The molecule has 0 radical (unpaired) electrons. The highest BCUT2D eigenvalue weighted by molar-refractivity contribution is 7.89. The number of H-pyrrole nitrogens is 1. The van der Waals surface area contributed by atoms with Crippen LogP contribution in [0.1, 0.15) is 17.7 Å². The summed E-state index contributed by atoms with van der Waals surface area (Å²) in [5, 5.41) is 25.8. The first kappa shape index (κ1) is 16.9. The van der Waals surface area contributed by atoms with Crippen molar-refractivity contribution in [2.45, 2.75) is 24.7 Å². The van der Waals surface area contributed by atoms with E-state index in [1.165, 1.54) is 12.1 Å². The van der Waals surface area contributed by atoms with Crippen molar-refractivity contribution < 1.29 is 13.3 Å². The topological polar surface area (TPSA) is 144 Å². The first-order chi connectivity index (χ1) is 10.8. The van der Waals surface area contributed by atoms with Gasteiger partial charge in [-0.2, -0.15) is 5.10 Å². The zero-order chi connectivity index (χ0) is 17.0. The number of hydrogen-bond donors (Lipinski definition) is 3. The van der Waals surface area contributed by atoms with Crippen molar-refractivity contribution in [2.24, 2.45) is 5.14 Å². The standard InChI is InChI=1S/C13H17N5O4S/c1-9-10(8-16-17-9)3-2-6-15-12-5-4-11(23(14,21)22)7-13(12)18(19)20/h4-5,7-8,15H,2-3,6H2,1H3,(H,16,17)(H2,14,21,22). The number of anilines is 1. The minimum absolute atomic E-state index is 0.256. The molecule has 0 saturated heterocycles. The molecule has 1 aromatic carbocycles. The van der Waals surface area contributed by atoms with Crippen LogP contribution in [0.3, 0.4) is 0 Å². The van der Waals surface area contributed by atoms with Crippen molar-refractivity contribution >= 4 is 21.4 Å². The Morgan fingerprint density at radius 1 is 1.43 bits per heavy atom. The molecule has 124 valence electrons. The van der Waals surface area contributed by atoms with Crippen LogP contribution in [0.4, 0.5) is 11.4 Å². The second-order valence-electron chi connectivity index (χ2n) is 5.03. The highest BCUT2D eigenvalue weighted by Crippen LogP contribution is 2.27. The lowest BCUT2D eigenvalue weighted by Crippen LogP contribution is -2.13. The molecular formula is C13H17N5O4S. The Balaban J connectivity index is 2.04. The van der Waals surface area contributed by atoms with E-state index in [1.54, 1.807) is 6.20 Å². The summed E-state index contributed by atoms with van der Waals surface area (Å²) in [6.45, 7) is 2.42. The SMILES string of the molecule is Cc1[nH]ncc1CCCNc1ccc(S(N)(=O)=O)cc1[N+](=O)[O-]. The monoisotopic (exact) mass is 339 g/mol. The molecule has 0 aliphatic carbocycles. The van der Waals surface area contributed by atoms with Gasteiger partial charge in [-0.1, -0.05) is 0 Å². The third kappa shape index (κ3) is 4.27. The van der Waals surface area contributed by atoms with E-state index in [4.69, 9.17) is 5.14 Å². The smallest absolute Gasteiger partial charge is 0.293 e. The van der Waals surface area contributed by atoms with Crippen LogP contribution in [-0.4, -0.2) is 30.1 Å². The lowest BCUT2D eigenvalue weighted by Gasteiger charge is -2.08. The maximum atomic E-state index is 11.3. The number of benzene rings is 1. The van der Waals surface area contributed by atoms with Crippen LogP contribution in [0, 0.1) is 17.0 Å². The molecule has 1 heterocycles. The summed E-state index contributed by atoms with van der Waals surface area (Å²) in [5.41, 5.74) is 2.02. The Morgan fingerprint density at radius 3 is 2.74 bits per heavy atom.